The van der Waals surface area contributed by atoms with Crippen molar-refractivity contribution < 1.29 is 30.0 Å². The van der Waals surface area contributed by atoms with E-state index >= 15 is 0 Å². The summed E-state index contributed by atoms with van der Waals surface area (Å²) in [7, 11) is 0. The number of Topliss-reactive ketones (excluding diaryl/α,β-unsaturated/α-hetero) is 2. The van der Waals surface area contributed by atoms with Crippen LogP contribution in [-0.4, -0.2) is 58.4 Å². The molecule has 0 fully saturated rings. The molecule has 0 saturated carbocycles. The zero-order valence-corrected chi connectivity index (χ0v) is 7.64. The second-order valence-electron chi connectivity index (χ2n) is 2.88. The lowest BCUT2D eigenvalue weighted by Crippen LogP contribution is -2.47. The molecule has 0 unspecified atom stereocenters. The largest absolute Gasteiger partial charge is 0.396 e. The first-order valence-corrected chi connectivity index (χ1v) is 4.09. The predicted octanol–water partition coefficient (Wildman–Crippen LogP) is -2.53. The zero-order chi connectivity index (χ0) is 11.2. The van der Waals surface area contributed by atoms with Gasteiger partial charge in [-0.25, -0.2) is 0 Å². The highest BCUT2D eigenvalue weighted by atomic mass is 16.3. The summed E-state index contributed by atoms with van der Waals surface area (Å²) in [5.41, 5.74) is -1.97. The van der Waals surface area contributed by atoms with Crippen LogP contribution < -0.4 is 0 Å². The lowest BCUT2D eigenvalue weighted by Gasteiger charge is -2.25. The molecule has 0 aliphatic rings. The molecule has 6 heteroatoms. The summed E-state index contributed by atoms with van der Waals surface area (Å²) in [6.07, 6.45) is -0.340. The molecule has 4 N–H and O–H groups in total. The molecule has 0 bridgehead atoms. The van der Waals surface area contributed by atoms with Crippen molar-refractivity contribution in [1.82, 2.24) is 0 Å². The summed E-state index contributed by atoms with van der Waals surface area (Å²) in [6.45, 7) is -3.15. The van der Waals surface area contributed by atoms with Gasteiger partial charge in [0.1, 0.15) is 12.0 Å². The summed E-state index contributed by atoms with van der Waals surface area (Å²) >= 11 is 0. The number of hydrogen-bond donors (Lipinski definition) is 4. The van der Waals surface area contributed by atoms with Crippen LogP contribution in [0.2, 0.25) is 0 Å². The molecule has 0 atom stereocenters. The van der Waals surface area contributed by atoms with Crippen molar-refractivity contribution in [3.05, 3.63) is 0 Å². The van der Waals surface area contributed by atoms with Crippen LogP contribution in [0.4, 0.5) is 0 Å². The SMILES string of the molecule is O=C(CO)C(CO)(CO)C(=O)CCO. The molecule has 0 aliphatic carbocycles. The molecule has 0 aliphatic heterocycles. The summed E-state index contributed by atoms with van der Waals surface area (Å²) in [4.78, 5) is 22.5. The maximum Gasteiger partial charge on any atom is 0.176 e. The normalized spacial score (nSPS) is 11.4. The number of aliphatic hydroxyl groups is 4. The van der Waals surface area contributed by atoms with Crippen molar-refractivity contribution in [2.24, 2.45) is 5.41 Å². The highest BCUT2D eigenvalue weighted by Crippen LogP contribution is 2.20. The maximum atomic E-state index is 11.3. The van der Waals surface area contributed by atoms with Gasteiger partial charge in [0.25, 0.3) is 0 Å². The number of rotatable bonds is 7. The van der Waals surface area contributed by atoms with Crippen molar-refractivity contribution in [2.45, 2.75) is 6.42 Å². The van der Waals surface area contributed by atoms with E-state index < -0.39 is 43.4 Å². The molecule has 0 amide bonds. The second-order valence-corrected chi connectivity index (χ2v) is 2.88. The van der Waals surface area contributed by atoms with Crippen LogP contribution in [0, 0.1) is 5.41 Å². The van der Waals surface area contributed by atoms with E-state index in [0.717, 1.165) is 0 Å². The Balaban J connectivity index is 4.86. The third-order valence-electron chi connectivity index (χ3n) is 2.09. The molecular weight excluding hydrogens is 192 g/mol. The molecule has 0 aromatic rings. The second kappa shape index (κ2) is 5.82. The Morgan fingerprint density at radius 1 is 0.929 bits per heavy atom. The standard InChI is InChI=1S/C8H14O6/c9-2-1-6(13)8(4-11,5-12)7(14)3-10/h9-12H,1-5H2. The number of carbonyl (C=O) groups excluding carboxylic acids is 2. The molecule has 0 heterocycles. The summed E-state index contributed by atoms with van der Waals surface area (Å²) in [6, 6.07) is 0. The van der Waals surface area contributed by atoms with Crippen molar-refractivity contribution in [3.8, 4) is 0 Å². The highest BCUT2D eigenvalue weighted by molar-refractivity contribution is 6.07. The van der Waals surface area contributed by atoms with Crippen LogP contribution in [0.1, 0.15) is 6.42 Å². The van der Waals surface area contributed by atoms with Crippen molar-refractivity contribution >= 4 is 11.6 Å². The predicted molar refractivity (Wildman–Crippen MR) is 45.4 cm³/mol. The smallest absolute Gasteiger partial charge is 0.176 e. The molecule has 0 saturated heterocycles. The Kier molecular flexibility index (Phi) is 5.47. The molecular formula is C8H14O6. The Hall–Kier alpha value is -0.820. The van der Waals surface area contributed by atoms with E-state index in [1.165, 1.54) is 0 Å². The molecule has 6 nitrogen and oxygen atoms in total. The maximum absolute atomic E-state index is 11.3. The fourth-order valence-corrected chi connectivity index (χ4v) is 1.05. The van der Waals surface area contributed by atoms with Gasteiger partial charge in [-0.05, 0) is 0 Å². The van der Waals surface area contributed by atoms with E-state index in [1.807, 2.05) is 0 Å². The first kappa shape index (κ1) is 13.2. The van der Waals surface area contributed by atoms with E-state index in [0.29, 0.717) is 0 Å². The van der Waals surface area contributed by atoms with Gasteiger partial charge in [0.15, 0.2) is 11.6 Å². The van der Waals surface area contributed by atoms with Gasteiger partial charge in [-0.3, -0.25) is 9.59 Å². The molecule has 0 spiro atoms. The van der Waals surface area contributed by atoms with E-state index in [9.17, 15) is 9.59 Å². The highest BCUT2D eigenvalue weighted by Gasteiger charge is 2.43. The van der Waals surface area contributed by atoms with Crippen LogP contribution in [0.3, 0.4) is 0 Å². The van der Waals surface area contributed by atoms with Crippen LogP contribution >= 0.6 is 0 Å². The van der Waals surface area contributed by atoms with Gasteiger partial charge in [-0.1, -0.05) is 0 Å². The average Bonchev–Trinajstić information content (AvgIpc) is 2.20. The molecule has 82 valence electrons. The molecule has 0 aromatic heterocycles. The van der Waals surface area contributed by atoms with E-state index in [-0.39, 0.29) is 6.42 Å². The number of carbonyl (C=O) groups is 2. The third kappa shape index (κ3) is 2.36. The minimum atomic E-state index is -1.97. The summed E-state index contributed by atoms with van der Waals surface area (Å²) in [5, 5.41) is 34.8. The van der Waals surface area contributed by atoms with Crippen molar-refractivity contribution in [3.63, 3.8) is 0 Å². The molecule has 0 aromatic carbocycles. The lowest BCUT2D eigenvalue weighted by atomic mass is 9.79. The average molecular weight is 206 g/mol. The Morgan fingerprint density at radius 2 is 1.43 bits per heavy atom. The monoisotopic (exact) mass is 206 g/mol. The van der Waals surface area contributed by atoms with Gasteiger partial charge in [0.05, 0.1) is 13.2 Å². The first-order valence-electron chi connectivity index (χ1n) is 4.09. The van der Waals surface area contributed by atoms with Crippen molar-refractivity contribution in [1.29, 1.82) is 0 Å². The molecule has 0 rings (SSSR count). The van der Waals surface area contributed by atoms with Crippen molar-refractivity contribution in [2.75, 3.05) is 26.4 Å². The third-order valence-corrected chi connectivity index (χ3v) is 2.09. The summed E-state index contributed by atoms with van der Waals surface area (Å²) < 4.78 is 0. The van der Waals surface area contributed by atoms with Gasteiger partial charge in [0.2, 0.25) is 0 Å². The van der Waals surface area contributed by atoms with Crippen LogP contribution in [0.25, 0.3) is 0 Å². The number of aliphatic hydroxyl groups excluding tert-OH is 4. The van der Waals surface area contributed by atoms with Crippen LogP contribution in [0.5, 0.6) is 0 Å². The van der Waals surface area contributed by atoms with Gasteiger partial charge in [0, 0.05) is 13.0 Å². The minimum absolute atomic E-state index is 0.340. The lowest BCUT2D eigenvalue weighted by molar-refractivity contribution is -0.149. The Labute approximate surface area is 80.8 Å². The number of ketones is 2. The topological polar surface area (TPSA) is 115 Å². The van der Waals surface area contributed by atoms with Gasteiger partial charge in [-0.2, -0.15) is 0 Å². The first-order chi connectivity index (χ1) is 6.58. The fraction of sp³-hybridized carbons (Fsp3) is 0.750. The summed E-state index contributed by atoms with van der Waals surface area (Å²) in [5.74, 6) is -1.72. The zero-order valence-electron chi connectivity index (χ0n) is 7.64. The molecule has 0 radical (unpaired) electrons. The number of hydrogen-bond acceptors (Lipinski definition) is 6. The molecule has 14 heavy (non-hydrogen) atoms. The van der Waals surface area contributed by atoms with E-state index in [1.54, 1.807) is 0 Å². The van der Waals surface area contributed by atoms with Gasteiger partial charge >= 0.3 is 0 Å². The van der Waals surface area contributed by atoms with Crippen LogP contribution in [-0.2, 0) is 9.59 Å². The minimum Gasteiger partial charge on any atom is -0.396 e. The van der Waals surface area contributed by atoms with Gasteiger partial charge in [-0.15, -0.1) is 0 Å². The quantitative estimate of drug-likeness (QED) is 0.341. The van der Waals surface area contributed by atoms with E-state index in [4.69, 9.17) is 20.4 Å². The Bertz CT molecular complexity index is 208. The Morgan fingerprint density at radius 3 is 1.71 bits per heavy atom. The van der Waals surface area contributed by atoms with Crippen LogP contribution in [0.15, 0.2) is 0 Å². The van der Waals surface area contributed by atoms with Gasteiger partial charge < -0.3 is 20.4 Å². The fourth-order valence-electron chi connectivity index (χ4n) is 1.05. The van der Waals surface area contributed by atoms with E-state index in [2.05, 4.69) is 0 Å².